The molecule has 2 amide bonds. The van der Waals surface area contributed by atoms with Gasteiger partial charge in [-0.2, -0.15) is 0 Å². The molecule has 0 aliphatic carbocycles. The van der Waals surface area contributed by atoms with Crippen LogP contribution >= 0.6 is 15.9 Å². The molecule has 0 spiro atoms. The maximum absolute atomic E-state index is 12.1. The molecule has 0 atom stereocenters. The van der Waals surface area contributed by atoms with E-state index in [2.05, 4.69) is 21.2 Å². The zero-order valence-corrected chi connectivity index (χ0v) is 12.8. The number of imide groups is 1. The Morgan fingerprint density at radius 2 is 1.77 bits per heavy atom. The highest BCUT2D eigenvalue weighted by Crippen LogP contribution is 2.26. The lowest BCUT2D eigenvalue weighted by Gasteiger charge is -2.08. The third-order valence-electron chi connectivity index (χ3n) is 3.25. The Balaban J connectivity index is 1.78. The van der Waals surface area contributed by atoms with Gasteiger partial charge in [-0.05, 0) is 24.3 Å². The van der Waals surface area contributed by atoms with Gasteiger partial charge in [-0.25, -0.2) is 0 Å². The summed E-state index contributed by atoms with van der Waals surface area (Å²) in [7, 11) is 0. The minimum atomic E-state index is -0.508. The number of hydrogen-bond donors (Lipinski definition) is 1. The van der Waals surface area contributed by atoms with Gasteiger partial charge in [0.25, 0.3) is 11.8 Å². The third kappa shape index (κ3) is 2.65. The van der Waals surface area contributed by atoms with E-state index < -0.39 is 11.8 Å². The molecule has 1 heterocycles. The molecule has 0 fully saturated rings. The molecule has 0 saturated carbocycles. The molecular formula is C16H10BrNO4. The highest BCUT2D eigenvalue weighted by Gasteiger charge is 2.30. The second kappa shape index (κ2) is 5.73. The topological polar surface area (TPSA) is 72.5 Å². The van der Waals surface area contributed by atoms with Gasteiger partial charge in [0.1, 0.15) is 5.75 Å². The van der Waals surface area contributed by atoms with Gasteiger partial charge < -0.3 is 4.74 Å². The van der Waals surface area contributed by atoms with Crippen LogP contribution in [0.2, 0.25) is 0 Å². The first-order chi connectivity index (χ1) is 10.6. The molecule has 5 nitrogen and oxygen atoms in total. The van der Waals surface area contributed by atoms with Gasteiger partial charge in [0.15, 0.2) is 12.4 Å². The summed E-state index contributed by atoms with van der Waals surface area (Å²) in [6, 6.07) is 11.6. The van der Waals surface area contributed by atoms with E-state index in [1.165, 1.54) is 0 Å². The molecule has 22 heavy (non-hydrogen) atoms. The number of halogens is 1. The van der Waals surface area contributed by atoms with E-state index >= 15 is 0 Å². The van der Waals surface area contributed by atoms with E-state index in [9.17, 15) is 14.4 Å². The lowest BCUT2D eigenvalue weighted by Crippen LogP contribution is -2.20. The largest absolute Gasteiger partial charge is 0.485 e. The average molecular weight is 360 g/mol. The minimum absolute atomic E-state index is 0.177. The second-order valence-electron chi connectivity index (χ2n) is 4.68. The van der Waals surface area contributed by atoms with E-state index in [0.717, 1.165) is 4.47 Å². The standard InChI is InChI=1S/C16H10BrNO4/c17-10-6-4-9(5-7-10)12(19)8-22-13-3-1-2-11-14(13)16(21)18-15(11)20/h1-7H,8H2,(H,18,20,21). The predicted octanol–water partition coefficient (Wildman–Crippen LogP) is 2.59. The number of ketones is 1. The van der Waals surface area contributed by atoms with Crippen LogP contribution in [0.3, 0.4) is 0 Å². The quantitative estimate of drug-likeness (QED) is 0.672. The second-order valence-corrected chi connectivity index (χ2v) is 5.60. The van der Waals surface area contributed by atoms with Crippen LogP contribution in [0, 0.1) is 0 Å². The first kappa shape index (κ1) is 14.5. The molecule has 1 aliphatic heterocycles. The lowest BCUT2D eigenvalue weighted by atomic mass is 10.1. The van der Waals surface area contributed by atoms with Crippen molar-refractivity contribution in [3.63, 3.8) is 0 Å². The zero-order chi connectivity index (χ0) is 15.7. The first-order valence-electron chi connectivity index (χ1n) is 6.46. The molecule has 0 unspecified atom stereocenters. The molecular weight excluding hydrogens is 350 g/mol. The van der Waals surface area contributed by atoms with Crippen LogP contribution in [0.5, 0.6) is 5.75 Å². The summed E-state index contributed by atoms with van der Waals surface area (Å²) >= 11 is 3.30. The summed E-state index contributed by atoms with van der Waals surface area (Å²) in [6.45, 7) is -0.209. The summed E-state index contributed by atoms with van der Waals surface area (Å²) in [5, 5.41) is 2.20. The molecule has 0 aromatic heterocycles. The molecule has 3 rings (SSSR count). The lowest BCUT2D eigenvalue weighted by molar-refractivity contribution is 0.0869. The van der Waals surface area contributed by atoms with Crippen LogP contribution in [0.25, 0.3) is 0 Å². The Bertz CT molecular complexity index is 783. The van der Waals surface area contributed by atoms with Crippen LogP contribution < -0.4 is 10.1 Å². The Kier molecular flexibility index (Phi) is 3.77. The van der Waals surface area contributed by atoms with Crippen LogP contribution in [0.15, 0.2) is 46.9 Å². The molecule has 2 aromatic rings. The van der Waals surface area contributed by atoms with Gasteiger partial charge in [-0.3, -0.25) is 19.7 Å². The van der Waals surface area contributed by atoms with E-state index in [1.54, 1.807) is 42.5 Å². The van der Waals surface area contributed by atoms with Crippen LogP contribution in [0.1, 0.15) is 31.1 Å². The predicted molar refractivity (Wildman–Crippen MR) is 82.2 cm³/mol. The van der Waals surface area contributed by atoms with Gasteiger partial charge in [0.05, 0.1) is 11.1 Å². The fraction of sp³-hybridized carbons (Fsp3) is 0.0625. The molecule has 0 bridgehead atoms. The monoisotopic (exact) mass is 359 g/mol. The van der Waals surface area contributed by atoms with E-state index in [4.69, 9.17) is 4.74 Å². The van der Waals surface area contributed by atoms with E-state index in [0.29, 0.717) is 5.56 Å². The number of amides is 2. The van der Waals surface area contributed by atoms with Gasteiger partial charge >= 0.3 is 0 Å². The smallest absolute Gasteiger partial charge is 0.262 e. The zero-order valence-electron chi connectivity index (χ0n) is 11.3. The summed E-state index contributed by atoms with van der Waals surface area (Å²) in [5.41, 5.74) is 0.950. The van der Waals surface area contributed by atoms with Crippen molar-refractivity contribution < 1.29 is 19.1 Å². The van der Waals surface area contributed by atoms with Gasteiger partial charge in [-0.1, -0.05) is 34.1 Å². The highest BCUT2D eigenvalue weighted by atomic mass is 79.9. The number of carbonyl (C=O) groups excluding carboxylic acids is 3. The Hall–Kier alpha value is -2.47. The number of hydrogen-bond acceptors (Lipinski definition) is 4. The molecule has 2 aromatic carbocycles. The number of Topliss-reactive ketones (excluding diaryl/α,β-unsaturated/α-hetero) is 1. The van der Waals surface area contributed by atoms with Crippen molar-refractivity contribution in [3.8, 4) is 5.75 Å². The summed E-state index contributed by atoms with van der Waals surface area (Å²) in [6.07, 6.45) is 0. The minimum Gasteiger partial charge on any atom is -0.485 e. The Labute approximate surface area is 134 Å². The average Bonchev–Trinajstić information content (AvgIpc) is 2.81. The van der Waals surface area contributed by atoms with E-state index in [1.807, 2.05) is 0 Å². The molecule has 1 aliphatic rings. The number of ether oxygens (including phenoxy) is 1. The van der Waals surface area contributed by atoms with Crippen molar-refractivity contribution in [2.24, 2.45) is 0 Å². The third-order valence-corrected chi connectivity index (χ3v) is 3.78. The van der Waals surface area contributed by atoms with Crippen LogP contribution in [-0.4, -0.2) is 24.2 Å². The molecule has 6 heteroatoms. The summed E-state index contributed by atoms with van der Waals surface area (Å²) in [4.78, 5) is 35.4. The van der Waals surface area contributed by atoms with Crippen LogP contribution in [0.4, 0.5) is 0 Å². The molecule has 1 N–H and O–H groups in total. The van der Waals surface area contributed by atoms with Crippen molar-refractivity contribution in [1.29, 1.82) is 0 Å². The van der Waals surface area contributed by atoms with E-state index in [-0.39, 0.29) is 29.3 Å². The van der Waals surface area contributed by atoms with Crippen molar-refractivity contribution in [2.45, 2.75) is 0 Å². The van der Waals surface area contributed by atoms with Gasteiger partial charge in [0, 0.05) is 10.0 Å². The summed E-state index contributed by atoms with van der Waals surface area (Å²) < 4.78 is 6.32. The fourth-order valence-electron chi connectivity index (χ4n) is 2.17. The first-order valence-corrected chi connectivity index (χ1v) is 7.26. The van der Waals surface area contributed by atoms with Crippen molar-refractivity contribution >= 4 is 33.5 Å². The number of fused-ring (bicyclic) bond motifs is 1. The van der Waals surface area contributed by atoms with Crippen molar-refractivity contribution in [3.05, 3.63) is 63.6 Å². The molecule has 0 saturated heterocycles. The number of benzene rings is 2. The number of rotatable bonds is 4. The number of carbonyl (C=O) groups is 3. The number of nitrogens with one attached hydrogen (secondary N) is 1. The van der Waals surface area contributed by atoms with Gasteiger partial charge in [-0.15, -0.1) is 0 Å². The Morgan fingerprint density at radius 1 is 1.05 bits per heavy atom. The fourth-order valence-corrected chi connectivity index (χ4v) is 2.43. The molecule has 110 valence electrons. The van der Waals surface area contributed by atoms with Crippen LogP contribution in [-0.2, 0) is 0 Å². The van der Waals surface area contributed by atoms with Crippen molar-refractivity contribution in [1.82, 2.24) is 5.32 Å². The van der Waals surface area contributed by atoms with Gasteiger partial charge in [0.2, 0.25) is 0 Å². The van der Waals surface area contributed by atoms with Crippen molar-refractivity contribution in [2.75, 3.05) is 6.61 Å². The maximum Gasteiger partial charge on any atom is 0.262 e. The molecule has 0 radical (unpaired) electrons. The Morgan fingerprint density at radius 3 is 2.50 bits per heavy atom. The summed E-state index contributed by atoms with van der Waals surface area (Å²) in [5.74, 6) is -0.947. The highest BCUT2D eigenvalue weighted by molar-refractivity contribution is 9.10. The normalized spacial score (nSPS) is 12.8. The maximum atomic E-state index is 12.1. The SMILES string of the molecule is O=C(COc1cccc2c1C(=O)NC2=O)c1ccc(Br)cc1.